The third-order valence-electron chi connectivity index (χ3n) is 4.23. The summed E-state index contributed by atoms with van der Waals surface area (Å²) in [4.78, 5) is 27.9. The number of nitrogens with one attached hydrogen (secondary N) is 1. The standard InChI is InChI=1S/C17H16F2N2O3/c1-9-4-16(23)20-7-12(9)17(24)21-8-11(22)6-15(21)10-2-3-13(18)14(19)5-10/h2-5,7,11,15,22H,6,8H2,1H3,(H,20,23). The number of pyridine rings is 1. The van der Waals surface area contributed by atoms with Gasteiger partial charge in [-0.3, -0.25) is 9.59 Å². The van der Waals surface area contributed by atoms with Gasteiger partial charge in [0.15, 0.2) is 11.6 Å². The minimum absolute atomic E-state index is 0.0844. The van der Waals surface area contributed by atoms with Gasteiger partial charge in [0.1, 0.15) is 0 Å². The minimum Gasteiger partial charge on any atom is -0.391 e. The van der Waals surface area contributed by atoms with Gasteiger partial charge < -0.3 is 15.0 Å². The van der Waals surface area contributed by atoms with E-state index in [1.54, 1.807) is 6.92 Å². The molecular formula is C17H16F2N2O3. The van der Waals surface area contributed by atoms with E-state index in [4.69, 9.17) is 0 Å². The zero-order chi connectivity index (χ0) is 17.4. The molecule has 2 atom stereocenters. The van der Waals surface area contributed by atoms with Gasteiger partial charge in [0.25, 0.3) is 5.91 Å². The van der Waals surface area contributed by atoms with Crippen molar-refractivity contribution in [3.63, 3.8) is 0 Å². The summed E-state index contributed by atoms with van der Waals surface area (Å²) in [6, 6.07) is 4.20. The lowest BCUT2D eigenvalue weighted by Crippen LogP contribution is -2.32. The van der Waals surface area contributed by atoms with Gasteiger partial charge in [-0.1, -0.05) is 6.07 Å². The third-order valence-corrected chi connectivity index (χ3v) is 4.23. The second kappa shape index (κ2) is 6.16. The van der Waals surface area contributed by atoms with E-state index in [1.807, 2.05) is 0 Å². The molecular weight excluding hydrogens is 318 g/mol. The number of benzene rings is 1. The lowest BCUT2D eigenvalue weighted by Gasteiger charge is -2.25. The molecule has 0 aliphatic carbocycles. The summed E-state index contributed by atoms with van der Waals surface area (Å²) in [7, 11) is 0. The van der Waals surface area contributed by atoms with Crippen molar-refractivity contribution in [2.45, 2.75) is 25.5 Å². The number of rotatable bonds is 2. The number of likely N-dealkylation sites (tertiary alicyclic amines) is 1. The Balaban J connectivity index is 1.96. The molecule has 126 valence electrons. The molecule has 1 fully saturated rings. The highest BCUT2D eigenvalue weighted by molar-refractivity contribution is 5.95. The van der Waals surface area contributed by atoms with Crippen LogP contribution in [0.4, 0.5) is 8.78 Å². The number of hydrogen-bond acceptors (Lipinski definition) is 3. The molecule has 1 aromatic heterocycles. The molecule has 1 aliphatic rings. The summed E-state index contributed by atoms with van der Waals surface area (Å²) in [6.07, 6.45) is 0.807. The van der Waals surface area contributed by atoms with Gasteiger partial charge >= 0.3 is 0 Å². The zero-order valence-corrected chi connectivity index (χ0v) is 12.9. The first-order valence-electron chi connectivity index (χ1n) is 7.50. The molecule has 24 heavy (non-hydrogen) atoms. The topological polar surface area (TPSA) is 73.4 Å². The van der Waals surface area contributed by atoms with E-state index >= 15 is 0 Å². The second-order valence-corrected chi connectivity index (χ2v) is 5.93. The Bertz CT molecular complexity index is 850. The van der Waals surface area contributed by atoms with Gasteiger partial charge in [-0.15, -0.1) is 0 Å². The Labute approximate surface area is 136 Å². The number of hydrogen-bond donors (Lipinski definition) is 2. The largest absolute Gasteiger partial charge is 0.391 e. The number of amides is 1. The van der Waals surface area contributed by atoms with Gasteiger partial charge in [0, 0.05) is 18.8 Å². The third kappa shape index (κ3) is 2.94. The number of aryl methyl sites for hydroxylation is 1. The first kappa shape index (κ1) is 16.3. The number of carbonyl (C=O) groups is 1. The Kier molecular flexibility index (Phi) is 4.19. The zero-order valence-electron chi connectivity index (χ0n) is 12.9. The van der Waals surface area contributed by atoms with E-state index in [9.17, 15) is 23.5 Å². The molecule has 3 rings (SSSR count). The smallest absolute Gasteiger partial charge is 0.256 e. The number of aromatic nitrogens is 1. The predicted octanol–water partition coefficient (Wildman–Crippen LogP) is 1.91. The highest BCUT2D eigenvalue weighted by Crippen LogP contribution is 2.34. The van der Waals surface area contributed by atoms with Crippen molar-refractivity contribution in [2.24, 2.45) is 0 Å². The van der Waals surface area contributed by atoms with Crippen LogP contribution in [0.2, 0.25) is 0 Å². The molecule has 0 bridgehead atoms. The predicted molar refractivity (Wildman–Crippen MR) is 82.6 cm³/mol. The SMILES string of the molecule is Cc1cc(=O)[nH]cc1C(=O)N1CC(O)CC1c1ccc(F)c(F)c1. The molecule has 0 radical (unpaired) electrons. The monoisotopic (exact) mass is 334 g/mol. The Hall–Kier alpha value is -2.54. The van der Waals surface area contributed by atoms with Crippen LogP contribution in [0.5, 0.6) is 0 Å². The molecule has 1 saturated heterocycles. The van der Waals surface area contributed by atoms with Crippen molar-refractivity contribution < 1.29 is 18.7 Å². The van der Waals surface area contributed by atoms with Crippen molar-refractivity contribution in [1.29, 1.82) is 0 Å². The van der Waals surface area contributed by atoms with Crippen molar-refractivity contribution >= 4 is 5.91 Å². The molecule has 1 aliphatic heterocycles. The van der Waals surface area contributed by atoms with E-state index < -0.39 is 23.8 Å². The van der Waals surface area contributed by atoms with E-state index in [-0.39, 0.29) is 24.4 Å². The average molecular weight is 334 g/mol. The Morgan fingerprint density at radius 2 is 2.04 bits per heavy atom. The average Bonchev–Trinajstić information content (AvgIpc) is 2.91. The number of aliphatic hydroxyl groups excluding tert-OH is 1. The highest BCUT2D eigenvalue weighted by atomic mass is 19.2. The summed E-state index contributed by atoms with van der Waals surface area (Å²) >= 11 is 0. The molecule has 0 saturated carbocycles. The molecule has 2 unspecified atom stereocenters. The Morgan fingerprint density at radius 1 is 1.29 bits per heavy atom. The number of aromatic amines is 1. The molecule has 0 spiro atoms. The van der Waals surface area contributed by atoms with Crippen molar-refractivity contribution in [2.75, 3.05) is 6.54 Å². The van der Waals surface area contributed by atoms with Gasteiger partial charge in [0.05, 0.1) is 17.7 Å². The van der Waals surface area contributed by atoms with E-state index in [2.05, 4.69) is 4.98 Å². The fourth-order valence-electron chi connectivity index (χ4n) is 3.03. The number of halogens is 2. The van der Waals surface area contributed by atoms with Gasteiger partial charge in [-0.05, 0) is 36.6 Å². The fourth-order valence-corrected chi connectivity index (χ4v) is 3.03. The molecule has 7 heteroatoms. The number of β-amino-alcohol motifs (C(OH)–C–C–N with tert-alkyl or cyclic N) is 1. The first-order valence-corrected chi connectivity index (χ1v) is 7.50. The summed E-state index contributed by atoms with van der Waals surface area (Å²) in [5, 5.41) is 9.94. The van der Waals surface area contributed by atoms with Crippen LogP contribution in [0.25, 0.3) is 0 Å². The lowest BCUT2D eigenvalue weighted by molar-refractivity contribution is 0.0714. The molecule has 1 amide bonds. The van der Waals surface area contributed by atoms with Crippen molar-refractivity contribution in [3.8, 4) is 0 Å². The minimum atomic E-state index is -0.999. The quantitative estimate of drug-likeness (QED) is 0.881. The van der Waals surface area contributed by atoms with Crippen LogP contribution in [0.3, 0.4) is 0 Å². The highest BCUT2D eigenvalue weighted by Gasteiger charge is 2.36. The molecule has 2 heterocycles. The lowest BCUT2D eigenvalue weighted by atomic mass is 10.0. The summed E-state index contributed by atoms with van der Waals surface area (Å²) in [6.45, 7) is 1.72. The summed E-state index contributed by atoms with van der Waals surface area (Å²) in [5.41, 5.74) is 0.911. The molecule has 5 nitrogen and oxygen atoms in total. The first-order chi connectivity index (χ1) is 11.4. The maximum absolute atomic E-state index is 13.5. The van der Waals surface area contributed by atoms with E-state index in [0.717, 1.165) is 12.1 Å². The number of nitrogens with zero attached hydrogens (tertiary/aromatic N) is 1. The van der Waals surface area contributed by atoms with Crippen LogP contribution >= 0.6 is 0 Å². The fraction of sp³-hybridized carbons (Fsp3) is 0.294. The normalized spacial score (nSPS) is 20.4. The second-order valence-electron chi connectivity index (χ2n) is 5.93. The van der Waals surface area contributed by atoms with Gasteiger partial charge in [0.2, 0.25) is 5.56 Å². The van der Waals surface area contributed by atoms with E-state index in [0.29, 0.717) is 16.7 Å². The molecule has 1 aromatic carbocycles. The molecule has 2 aromatic rings. The van der Waals surface area contributed by atoms with Crippen LogP contribution in [-0.2, 0) is 0 Å². The van der Waals surface area contributed by atoms with Crippen LogP contribution in [-0.4, -0.2) is 33.5 Å². The maximum atomic E-state index is 13.5. The summed E-state index contributed by atoms with van der Waals surface area (Å²) in [5.74, 6) is -2.34. The van der Waals surface area contributed by atoms with Crippen LogP contribution in [0.15, 0.2) is 35.3 Å². The number of H-pyrrole nitrogens is 1. The van der Waals surface area contributed by atoms with Crippen molar-refractivity contribution in [3.05, 3.63) is 69.1 Å². The van der Waals surface area contributed by atoms with Crippen LogP contribution in [0.1, 0.15) is 33.9 Å². The van der Waals surface area contributed by atoms with Gasteiger partial charge in [-0.25, -0.2) is 8.78 Å². The van der Waals surface area contributed by atoms with Crippen molar-refractivity contribution in [1.82, 2.24) is 9.88 Å². The van der Waals surface area contributed by atoms with Crippen LogP contribution in [0, 0.1) is 18.6 Å². The maximum Gasteiger partial charge on any atom is 0.256 e. The van der Waals surface area contributed by atoms with Crippen LogP contribution < -0.4 is 5.56 Å². The Morgan fingerprint density at radius 3 is 2.71 bits per heavy atom. The van der Waals surface area contributed by atoms with E-state index in [1.165, 1.54) is 23.2 Å². The number of carbonyl (C=O) groups excluding carboxylic acids is 1. The summed E-state index contributed by atoms with van der Waals surface area (Å²) < 4.78 is 26.6. The van der Waals surface area contributed by atoms with Gasteiger partial charge in [-0.2, -0.15) is 0 Å². The molecule has 2 N–H and O–H groups in total. The number of aliphatic hydroxyl groups is 1.